The molecule has 15 heteroatoms. The Morgan fingerprint density at radius 2 is 1.49 bits per heavy atom. The molecule has 3 unspecified atom stereocenters. The summed E-state index contributed by atoms with van der Waals surface area (Å²) in [4.78, 5) is 58.4. The number of ether oxygens (including phenoxy) is 2. The third-order valence-electron chi connectivity index (χ3n) is 6.61. The van der Waals surface area contributed by atoms with Crippen molar-refractivity contribution >= 4 is 29.6 Å². The average molecular weight is 630 g/mol. The molecule has 0 spiro atoms. The number of aliphatic carboxylic acids is 2. The summed E-state index contributed by atoms with van der Waals surface area (Å²) in [5.41, 5.74) is 2.85. The van der Waals surface area contributed by atoms with Crippen LogP contribution in [0.25, 0.3) is 0 Å². The Bertz CT molecular complexity index is 1450. The lowest BCUT2D eigenvalue weighted by Gasteiger charge is -2.30. The van der Waals surface area contributed by atoms with E-state index in [1.54, 1.807) is 19.9 Å². The number of nitrogens with one attached hydrogen (secondary N) is 1. The van der Waals surface area contributed by atoms with Crippen LogP contribution in [0.1, 0.15) is 30.9 Å². The first kappa shape index (κ1) is 36.1. The van der Waals surface area contributed by atoms with E-state index < -0.39 is 46.9 Å². The van der Waals surface area contributed by atoms with E-state index in [-0.39, 0.29) is 23.4 Å². The molecule has 0 fully saturated rings. The summed E-state index contributed by atoms with van der Waals surface area (Å²) in [6.45, 7) is 4.74. The van der Waals surface area contributed by atoms with Crippen molar-refractivity contribution in [1.82, 2.24) is 10.2 Å². The number of hydrogen-bond acceptors (Lipinski definition) is 12. The van der Waals surface area contributed by atoms with E-state index in [0.717, 1.165) is 5.56 Å². The Morgan fingerprint density at radius 1 is 0.933 bits per heavy atom. The van der Waals surface area contributed by atoms with Gasteiger partial charge in [0.1, 0.15) is 6.61 Å². The third-order valence-corrected chi connectivity index (χ3v) is 6.61. The second-order valence-electron chi connectivity index (χ2n) is 9.90. The molecule has 0 aromatic heterocycles. The molecule has 5 N–H and O–H groups in total. The van der Waals surface area contributed by atoms with E-state index in [9.17, 15) is 29.3 Å². The zero-order valence-electron chi connectivity index (χ0n) is 25.0. The largest absolute Gasteiger partial charge is 0.479 e. The molecule has 15 nitrogen and oxygen atoms in total. The smallest absolute Gasteiger partial charge is 0.336 e. The molecule has 1 aliphatic heterocycles. The van der Waals surface area contributed by atoms with Gasteiger partial charge in [-0.25, -0.2) is 19.2 Å². The highest BCUT2D eigenvalue weighted by molar-refractivity contribution is 5.99. The molecule has 2 aromatic carbocycles. The summed E-state index contributed by atoms with van der Waals surface area (Å²) in [6, 6.07) is 15.8. The Kier molecular flexibility index (Phi) is 13.3. The van der Waals surface area contributed by atoms with Gasteiger partial charge in [0.2, 0.25) is 0 Å². The molecule has 0 radical (unpaired) electrons. The van der Waals surface area contributed by atoms with Crippen molar-refractivity contribution in [3.05, 3.63) is 98.4 Å². The number of hydrogen-bond donors (Lipinski definition) is 5. The topological polar surface area (TPSA) is 226 Å². The molecule has 45 heavy (non-hydrogen) atoms. The number of dihydropyridines is 1. The number of carboxylic acids is 2. The van der Waals surface area contributed by atoms with Gasteiger partial charge in [0.05, 0.1) is 29.1 Å². The minimum absolute atomic E-state index is 0.136. The summed E-state index contributed by atoms with van der Waals surface area (Å²) in [6.07, 6.45) is -4.53. The van der Waals surface area contributed by atoms with Gasteiger partial charge in [0.15, 0.2) is 12.2 Å². The maximum atomic E-state index is 13.3. The van der Waals surface area contributed by atoms with E-state index in [2.05, 4.69) is 5.32 Å². The van der Waals surface area contributed by atoms with Crippen LogP contribution in [0.5, 0.6) is 0 Å². The number of allylic oxidation sites excluding steroid dienone is 2. The van der Waals surface area contributed by atoms with Crippen molar-refractivity contribution < 1.29 is 54.0 Å². The summed E-state index contributed by atoms with van der Waals surface area (Å²) in [5, 5.41) is 47.0. The molecule has 0 saturated heterocycles. The number of non-ortho nitro benzene ring substituents is 1. The van der Waals surface area contributed by atoms with Gasteiger partial charge in [0, 0.05) is 36.6 Å². The fraction of sp³-hybridized carbons (Fsp3) is 0.333. The molecule has 1 aliphatic rings. The molecule has 3 atom stereocenters. The molecule has 0 saturated carbocycles. The van der Waals surface area contributed by atoms with Crippen LogP contribution in [0.3, 0.4) is 0 Å². The van der Waals surface area contributed by atoms with Gasteiger partial charge in [-0.2, -0.15) is 0 Å². The quantitative estimate of drug-likeness (QED) is 0.128. The first-order chi connectivity index (χ1) is 21.2. The average Bonchev–Trinajstić information content (AvgIpc) is 3.00. The molecule has 1 heterocycles. The second-order valence-corrected chi connectivity index (χ2v) is 9.90. The van der Waals surface area contributed by atoms with Crippen LogP contribution < -0.4 is 5.32 Å². The van der Waals surface area contributed by atoms with Gasteiger partial charge in [-0.05, 0) is 32.0 Å². The SMILES string of the molecule is COC(=O)C1=C(C)NC(C)=C(C(=O)OCCN(C)Cc2ccccc2)C1c1cccc([N+](=O)[O-])c1.O=C(O)C(O)C(O)C(=O)O. The number of esters is 2. The number of carbonyl (C=O) groups excluding carboxylic acids is 2. The van der Waals surface area contributed by atoms with E-state index >= 15 is 0 Å². The number of methoxy groups -OCH3 is 1. The first-order valence-corrected chi connectivity index (χ1v) is 13.4. The number of likely N-dealkylation sites (N-methyl/N-ethyl adjacent to an activating group) is 1. The monoisotopic (exact) mass is 629 g/mol. The van der Waals surface area contributed by atoms with Gasteiger partial charge < -0.3 is 35.2 Å². The van der Waals surface area contributed by atoms with Gasteiger partial charge in [-0.3, -0.25) is 15.0 Å². The summed E-state index contributed by atoms with van der Waals surface area (Å²) >= 11 is 0. The normalized spacial score (nSPS) is 15.7. The standard InChI is InChI=1S/C26H29N3O6.C4H6O6/c1-17-22(25(30)34-4)24(20-11-8-12-21(15-20)29(32)33)23(18(2)27-17)26(31)35-14-13-28(3)16-19-9-6-5-7-10-19;5-1(3(7)8)2(6)4(9)10/h5-12,15,24,27H,13-14,16H2,1-4H3;1-2,5-6H,(H,7,8)(H,9,10). The number of nitro benzene ring substituents is 1. The lowest BCUT2D eigenvalue weighted by atomic mass is 9.80. The fourth-order valence-corrected chi connectivity index (χ4v) is 4.41. The Labute approximate surface area is 258 Å². The molecule has 0 amide bonds. The molecular weight excluding hydrogens is 594 g/mol. The number of nitrogens with zero attached hydrogens (tertiary/aromatic N) is 2. The minimum Gasteiger partial charge on any atom is -0.479 e. The summed E-state index contributed by atoms with van der Waals surface area (Å²) < 4.78 is 10.6. The number of carboxylic acid groups (broad SMARTS) is 2. The van der Waals surface area contributed by atoms with Gasteiger partial charge >= 0.3 is 23.9 Å². The van der Waals surface area contributed by atoms with Crippen molar-refractivity contribution in [3.63, 3.8) is 0 Å². The molecule has 2 aromatic rings. The summed E-state index contributed by atoms with van der Waals surface area (Å²) in [5.74, 6) is -5.65. The number of aliphatic hydroxyl groups excluding tert-OH is 2. The van der Waals surface area contributed by atoms with Crippen molar-refractivity contribution in [2.45, 2.75) is 38.5 Å². The van der Waals surface area contributed by atoms with Crippen molar-refractivity contribution in [1.29, 1.82) is 0 Å². The number of carbonyl (C=O) groups is 4. The highest BCUT2D eigenvalue weighted by Crippen LogP contribution is 2.40. The molecule has 0 aliphatic carbocycles. The Morgan fingerprint density at radius 3 is 2.00 bits per heavy atom. The van der Waals surface area contributed by atoms with Crippen LogP contribution in [0, 0.1) is 10.1 Å². The van der Waals surface area contributed by atoms with Crippen LogP contribution in [-0.2, 0) is 35.2 Å². The highest BCUT2D eigenvalue weighted by atomic mass is 16.6. The number of benzene rings is 2. The van der Waals surface area contributed by atoms with E-state index in [1.807, 2.05) is 42.3 Å². The third kappa shape index (κ3) is 9.96. The number of aliphatic hydroxyl groups is 2. The van der Waals surface area contributed by atoms with Gasteiger partial charge in [0.25, 0.3) is 5.69 Å². The maximum absolute atomic E-state index is 13.3. The van der Waals surface area contributed by atoms with Gasteiger partial charge in [-0.1, -0.05) is 42.5 Å². The first-order valence-electron chi connectivity index (χ1n) is 13.4. The molecule has 242 valence electrons. The van der Waals surface area contributed by atoms with Crippen LogP contribution in [0.4, 0.5) is 5.69 Å². The van der Waals surface area contributed by atoms with Crippen LogP contribution in [0.15, 0.2) is 77.1 Å². The fourth-order valence-electron chi connectivity index (χ4n) is 4.41. The van der Waals surface area contributed by atoms with Crippen LogP contribution in [-0.4, -0.2) is 93.6 Å². The molecular formula is C30H35N3O12. The van der Waals surface area contributed by atoms with E-state index in [0.29, 0.717) is 30.0 Å². The predicted molar refractivity (Wildman–Crippen MR) is 157 cm³/mol. The highest BCUT2D eigenvalue weighted by Gasteiger charge is 2.38. The molecule has 0 bridgehead atoms. The summed E-state index contributed by atoms with van der Waals surface area (Å²) in [7, 11) is 3.18. The maximum Gasteiger partial charge on any atom is 0.336 e. The van der Waals surface area contributed by atoms with Crippen LogP contribution in [0.2, 0.25) is 0 Å². The van der Waals surface area contributed by atoms with Crippen molar-refractivity contribution in [2.75, 3.05) is 27.3 Å². The van der Waals surface area contributed by atoms with Gasteiger partial charge in [-0.15, -0.1) is 0 Å². The lowest BCUT2D eigenvalue weighted by Crippen LogP contribution is -2.39. The van der Waals surface area contributed by atoms with Crippen molar-refractivity contribution in [2.24, 2.45) is 0 Å². The Balaban J connectivity index is 0.000000607. The lowest BCUT2D eigenvalue weighted by molar-refractivity contribution is -0.384. The minimum atomic E-state index is -2.27. The van der Waals surface area contributed by atoms with E-state index in [1.165, 1.54) is 25.3 Å². The zero-order chi connectivity index (χ0) is 33.8. The van der Waals surface area contributed by atoms with Crippen LogP contribution >= 0.6 is 0 Å². The van der Waals surface area contributed by atoms with Crippen molar-refractivity contribution in [3.8, 4) is 0 Å². The van der Waals surface area contributed by atoms with E-state index in [4.69, 9.17) is 29.9 Å². The Hall–Kier alpha value is -5.12. The predicted octanol–water partition coefficient (Wildman–Crippen LogP) is 1.56. The zero-order valence-corrected chi connectivity index (χ0v) is 25.0. The second kappa shape index (κ2) is 16.7. The number of nitro groups is 1. The number of rotatable bonds is 12. The molecule has 3 rings (SSSR count).